The number of hydrogen-bond donors (Lipinski definition) is 1. The monoisotopic (exact) mass is 309 g/mol. The van der Waals surface area contributed by atoms with Crippen molar-refractivity contribution in [2.75, 3.05) is 0 Å². The predicted molar refractivity (Wildman–Crippen MR) is 81.7 cm³/mol. The van der Waals surface area contributed by atoms with E-state index in [0.717, 1.165) is 16.3 Å². The fourth-order valence-corrected chi connectivity index (χ4v) is 3.41. The van der Waals surface area contributed by atoms with Crippen LogP contribution in [0.15, 0.2) is 28.7 Å². The van der Waals surface area contributed by atoms with E-state index in [0.29, 0.717) is 12.1 Å². The zero-order valence-electron chi connectivity index (χ0n) is 11.6. The Morgan fingerprint density at radius 2 is 1.67 bits per heavy atom. The van der Waals surface area contributed by atoms with Crippen molar-refractivity contribution in [2.45, 2.75) is 52.1 Å². The van der Waals surface area contributed by atoms with Crippen molar-refractivity contribution >= 4 is 15.9 Å². The molecule has 100 valence electrons. The summed E-state index contributed by atoms with van der Waals surface area (Å²) in [6, 6.07) is 9.77. The van der Waals surface area contributed by atoms with E-state index in [2.05, 4.69) is 66.3 Å². The van der Waals surface area contributed by atoms with Gasteiger partial charge >= 0.3 is 0 Å². The number of halogens is 1. The molecular formula is C16H24BrN. The van der Waals surface area contributed by atoms with Crippen LogP contribution in [0.2, 0.25) is 0 Å². The van der Waals surface area contributed by atoms with E-state index < -0.39 is 0 Å². The van der Waals surface area contributed by atoms with Gasteiger partial charge in [-0.2, -0.15) is 0 Å². The smallest absolute Gasteiger partial charge is 0.0294 e. The fourth-order valence-electron chi connectivity index (χ4n) is 3.15. The molecule has 0 aliphatic heterocycles. The van der Waals surface area contributed by atoms with Crippen LogP contribution >= 0.6 is 15.9 Å². The minimum atomic E-state index is 0.436. The average Bonchev–Trinajstić information content (AvgIpc) is 2.34. The first-order chi connectivity index (χ1) is 8.58. The summed E-state index contributed by atoms with van der Waals surface area (Å²) in [5.74, 6) is 1.60. The summed E-state index contributed by atoms with van der Waals surface area (Å²) in [5, 5.41) is 3.84. The molecule has 0 saturated heterocycles. The summed E-state index contributed by atoms with van der Waals surface area (Å²) in [4.78, 5) is 0. The second kappa shape index (κ2) is 6.21. The lowest BCUT2D eigenvalue weighted by atomic mass is 9.78. The van der Waals surface area contributed by atoms with Gasteiger partial charge in [-0.15, -0.1) is 0 Å². The molecule has 18 heavy (non-hydrogen) atoms. The number of benzene rings is 1. The summed E-state index contributed by atoms with van der Waals surface area (Å²) in [6.45, 7) is 7.06. The van der Waals surface area contributed by atoms with Gasteiger partial charge in [-0.25, -0.2) is 0 Å². The van der Waals surface area contributed by atoms with Gasteiger partial charge in [0.2, 0.25) is 0 Å². The molecule has 1 fully saturated rings. The van der Waals surface area contributed by atoms with Gasteiger partial charge in [-0.1, -0.05) is 48.3 Å². The molecular weight excluding hydrogens is 286 g/mol. The van der Waals surface area contributed by atoms with Crippen LogP contribution in [0, 0.1) is 11.8 Å². The molecule has 0 amide bonds. The van der Waals surface area contributed by atoms with Crippen molar-refractivity contribution in [3.63, 3.8) is 0 Å². The second-order valence-electron chi connectivity index (χ2n) is 5.85. The highest BCUT2D eigenvalue weighted by Gasteiger charge is 2.28. The van der Waals surface area contributed by atoms with Gasteiger partial charge in [0.05, 0.1) is 0 Å². The maximum Gasteiger partial charge on any atom is 0.0294 e. The van der Waals surface area contributed by atoms with Crippen LogP contribution in [0.1, 0.15) is 51.6 Å². The second-order valence-corrected chi connectivity index (χ2v) is 6.77. The molecule has 0 spiro atoms. The van der Waals surface area contributed by atoms with Gasteiger partial charge in [0.1, 0.15) is 0 Å². The molecule has 1 aromatic carbocycles. The maximum absolute atomic E-state index is 3.84. The SMILES string of the molecule is CC1CCCC(C)C1N[C@H](C)c1ccc(Br)cc1. The first kappa shape index (κ1) is 14.1. The van der Waals surface area contributed by atoms with Gasteiger partial charge in [0, 0.05) is 16.6 Å². The van der Waals surface area contributed by atoms with E-state index in [1.807, 2.05) is 0 Å². The Bertz CT molecular complexity index is 363. The molecule has 0 bridgehead atoms. The van der Waals surface area contributed by atoms with Crippen LogP contribution in [0.3, 0.4) is 0 Å². The molecule has 1 aromatic rings. The van der Waals surface area contributed by atoms with Crippen LogP contribution < -0.4 is 5.32 Å². The number of rotatable bonds is 3. The summed E-state index contributed by atoms with van der Waals surface area (Å²) in [6.07, 6.45) is 4.14. The molecule has 0 radical (unpaired) electrons. The van der Waals surface area contributed by atoms with E-state index in [-0.39, 0.29) is 0 Å². The zero-order chi connectivity index (χ0) is 13.1. The minimum Gasteiger partial charge on any atom is -0.307 e. The molecule has 2 unspecified atom stereocenters. The van der Waals surface area contributed by atoms with Gasteiger partial charge in [-0.3, -0.25) is 0 Å². The van der Waals surface area contributed by atoms with E-state index in [1.54, 1.807) is 0 Å². The highest BCUT2D eigenvalue weighted by atomic mass is 79.9. The van der Waals surface area contributed by atoms with Crippen LogP contribution in [-0.4, -0.2) is 6.04 Å². The predicted octanol–water partition coefficient (Wildman–Crippen LogP) is 4.92. The summed E-state index contributed by atoms with van der Waals surface area (Å²) in [7, 11) is 0. The van der Waals surface area contributed by atoms with Crippen LogP contribution in [0.4, 0.5) is 0 Å². The van der Waals surface area contributed by atoms with Crippen LogP contribution in [0.25, 0.3) is 0 Å². The van der Waals surface area contributed by atoms with Crippen molar-refractivity contribution in [2.24, 2.45) is 11.8 Å². The molecule has 0 aromatic heterocycles. The van der Waals surface area contributed by atoms with Gasteiger partial charge in [-0.05, 0) is 49.3 Å². The lowest BCUT2D eigenvalue weighted by molar-refractivity contribution is 0.196. The number of hydrogen-bond acceptors (Lipinski definition) is 1. The van der Waals surface area contributed by atoms with Gasteiger partial charge < -0.3 is 5.32 Å². The van der Waals surface area contributed by atoms with Crippen LogP contribution in [-0.2, 0) is 0 Å². The number of nitrogens with one attached hydrogen (secondary N) is 1. The lowest BCUT2D eigenvalue weighted by Crippen LogP contribution is -2.43. The quantitative estimate of drug-likeness (QED) is 0.835. The summed E-state index contributed by atoms with van der Waals surface area (Å²) in [5.41, 5.74) is 1.38. The third-order valence-corrected chi connectivity index (χ3v) is 4.89. The van der Waals surface area contributed by atoms with Gasteiger partial charge in [0.15, 0.2) is 0 Å². The molecule has 1 saturated carbocycles. The Hall–Kier alpha value is -0.340. The third kappa shape index (κ3) is 3.36. The van der Waals surface area contributed by atoms with E-state index >= 15 is 0 Å². The molecule has 1 aliphatic carbocycles. The first-order valence-electron chi connectivity index (χ1n) is 7.09. The van der Waals surface area contributed by atoms with Gasteiger partial charge in [0.25, 0.3) is 0 Å². The molecule has 2 heteroatoms. The van der Waals surface area contributed by atoms with Crippen molar-refractivity contribution in [1.29, 1.82) is 0 Å². The van der Waals surface area contributed by atoms with Crippen molar-refractivity contribution < 1.29 is 0 Å². The standard InChI is InChI=1S/C16H24BrN/c1-11-5-4-6-12(2)16(11)18-13(3)14-7-9-15(17)10-8-14/h7-13,16,18H,4-6H2,1-3H3/t11?,12?,13-,16?/m1/s1. The van der Waals surface area contributed by atoms with Crippen molar-refractivity contribution in [3.8, 4) is 0 Å². The Morgan fingerprint density at radius 1 is 1.11 bits per heavy atom. The third-order valence-electron chi connectivity index (χ3n) is 4.36. The van der Waals surface area contributed by atoms with E-state index in [1.165, 1.54) is 24.8 Å². The lowest BCUT2D eigenvalue weighted by Gasteiger charge is -2.37. The molecule has 1 nitrogen and oxygen atoms in total. The normalized spacial score (nSPS) is 30.1. The topological polar surface area (TPSA) is 12.0 Å². The zero-order valence-corrected chi connectivity index (χ0v) is 13.2. The molecule has 3 atom stereocenters. The molecule has 1 N–H and O–H groups in total. The highest BCUT2D eigenvalue weighted by Crippen LogP contribution is 2.30. The highest BCUT2D eigenvalue weighted by molar-refractivity contribution is 9.10. The van der Waals surface area contributed by atoms with Crippen LogP contribution in [0.5, 0.6) is 0 Å². The largest absolute Gasteiger partial charge is 0.307 e. The van der Waals surface area contributed by atoms with Crippen molar-refractivity contribution in [1.82, 2.24) is 5.32 Å². The Balaban J connectivity index is 2.01. The molecule has 0 heterocycles. The Morgan fingerprint density at radius 3 is 2.22 bits per heavy atom. The Labute approximate surface area is 119 Å². The van der Waals surface area contributed by atoms with E-state index in [4.69, 9.17) is 0 Å². The van der Waals surface area contributed by atoms with Crippen molar-refractivity contribution in [3.05, 3.63) is 34.3 Å². The fraction of sp³-hybridized carbons (Fsp3) is 0.625. The minimum absolute atomic E-state index is 0.436. The molecule has 1 aliphatic rings. The Kier molecular flexibility index (Phi) is 4.85. The van der Waals surface area contributed by atoms with E-state index in [9.17, 15) is 0 Å². The average molecular weight is 310 g/mol. The maximum atomic E-state index is 3.84. The molecule has 2 rings (SSSR count). The first-order valence-corrected chi connectivity index (χ1v) is 7.88. The summed E-state index contributed by atoms with van der Waals surface area (Å²) < 4.78 is 1.15. The summed E-state index contributed by atoms with van der Waals surface area (Å²) >= 11 is 3.49.